The number of hydrogen-bond donors (Lipinski definition) is 2. The molecule has 108 valence electrons. The van der Waals surface area contributed by atoms with Gasteiger partial charge in [0.1, 0.15) is 5.75 Å². The van der Waals surface area contributed by atoms with Crippen molar-refractivity contribution in [1.82, 2.24) is 10.6 Å². The molecule has 2 aliphatic rings. The normalized spacial score (nSPS) is 33.2. The minimum atomic E-state index is -0.127. The monoisotopic (exact) mass is 274 g/mol. The Hall–Kier alpha value is -1.55. The molecule has 2 saturated heterocycles. The lowest BCUT2D eigenvalue weighted by molar-refractivity contribution is -0.122. The van der Waals surface area contributed by atoms with Gasteiger partial charge in [0, 0.05) is 18.5 Å². The molecule has 0 radical (unpaired) electrons. The molecule has 2 aliphatic heterocycles. The van der Waals surface area contributed by atoms with Gasteiger partial charge in [-0.05, 0) is 43.9 Å². The molecule has 3 rings (SSSR count). The molecule has 0 unspecified atom stereocenters. The number of hydrogen-bond acceptors (Lipinski definition) is 3. The summed E-state index contributed by atoms with van der Waals surface area (Å²) in [5.41, 5.74) is 1.13. The summed E-state index contributed by atoms with van der Waals surface area (Å²) in [5.74, 6) is 1.06. The predicted molar refractivity (Wildman–Crippen MR) is 77.7 cm³/mol. The molecule has 0 saturated carbocycles. The topological polar surface area (TPSA) is 50.4 Å². The number of ether oxygens (including phenoxy) is 1. The molecule has 2 heterocycles. The van der Waals surface area contributed by atoms with Gasteiger partial charge in [0.25, 0.3) is 0 Å². The Morgan fingerprint density at radius 2 is 2.05 bits per heavy atom. The summed E-state index contributed by atoms with van der Waals surface area (Å²) in [6.07, 6.45) is 3.62. The lowest BCUT2D eigenvalue weighted by atomic mass is 9.88. The van der Waals surface area contributed by atoms with Crippen molar-refractivity contribution in [2.45, 2.75) is 50.2 Å². The molecule has 2 N–H and O–H groups in total. The maximum atomic E-state index is 11.8. The van der Waals surface area contributed by atoms with Crippen molar-refractivity contribution in [3.8, 4) is 5.75 Å². The van der Waals surface area contributed by atoms with Gasteiger partial charge in [-0.2, -0.15) is 0 Å². The van der Waals surface area contributed by atoms with Crippen molar-refractivity contribution in [3.05, 3.63) is 29.8 Å². The minimum Gasteiger partial charge on any atom is -0.497 e. The van der Waals surface area contributed by atoms with E-state index in [0.717, 1.165) is 25.0 Å². The number of carbonyl (C=O) groups excluding carboxylic acids is 1. The van der Waals surface area contributed by atoms with E-state index in [1.165, 1.54) is 5.56 Å². The zero-order chi connectivity index (χ0) is 14.2. The highest BCUT2D eigenvalue weighted by Gasteiger charge is 2.45. The van der Waals surface area contributed by atoms with Crippen LogP contribution < -0.4 is 15.4 Å². The van der Waals surface area contributed by atoms with Crippen LogP contribution in [0.2, 0.25) is 0 Å². The highest BCUT2D eigenvalue weighted by molar-refractivity contribution is 5.77. The van der Waals surface area contributed by atoms with Gasteiger partial charge in [-0.25, -0.2) is 0 Å². The lowest BCUT2D eigenvalue weighted by Gasteiger charge is -2.29. The number of fused-ring (bicyclic) bond motifs is 1. The third-order valence-electron chi connectivity index (χ3n) is 4.64. The molecule has 4 nitrogen and oxygen atoms in total. The Kier molecular flexibility index (Phi) is 3.42. The van der Waals surface area contributed by atoms with Crippen LogP contribution in [0.4, 0.5) is 0 Å². The Morgan fingerprint density at radius 1 is 1.30 bits per heavy atom. The van der Waals surface area contributed by atoms with E-state index in [1.54, 1.807) is 7.11 Å². The average molecular weight is 274 g/mol. The van der Waals surface area contributed by atoms with Gasteiger partial charge in [0.2, 0.25) is 5.91 Å². The van der Waals surface area contributed by atoms with E-state index >= 15 is 0 Å². The van der Waals surface area contributed by atoms with Gasteiger partial charge in [-0.1, -0.05) is 12.1 Å². The quantitative estimate of drug-likeness (QED) is 0.869. The highest BCUT2D eigenvalue weighted by atomic mass is 16.5. The number of nitrogens with one attached hydrogen (secondary N) is 2. The fourth-order valence-corrected chi connectivity index (χ4v) is 3.49. The van der Waals surface area contributed by atoms with E-state index in [4.69, 9.17) is 4.74 Å². The molecule has 0 aromatic heterocycles. The van der Waals surface area contributed by atoms with Crippen LogP contribution in [0, 0.1) is 0 Å². The van der Waals surface area contributed by atoms with Crippen LogP contribution in [0.3, 0.4) is 0 Å². The van der Waals surface area contributed by atoms with Crippen LogP contribution in [0.5, 0.6) is 5.75 Å². The van der Waals surface area contributed by atoms with Crippen LogP contribution in [0.25, 0.3) is 0 Å². The minimum absolute atomic E-state index is 0.127. The van der Waals surface area contributed by atoms with E-state index in [0.29, 0.717) is 18.5 Å². The van der Waals surface area contributed by atoms with Gasteiger partial charge in [0.15, 0.2) is 0 Å². The highest BCUT2D eigenvalue weighted by Crippen LogP contribution is 2.37. The third kappa shape index (κ3) is 2.40. The second kappa shape index (κ2) is 5.09. The smallest absolute Gasteiger partial charge is 0.220 e. The van der Waals surface area contributed by atoms with Crippen LogP contribution >= 0.6 is 0 Å². The van der Waals surface area contributed by atoms with Crippen LogP contribution in [0.15, 0.2) is 24.3 Å². The largest absolute Gasteiger partial charge is 0.497 e. The molecule has 1 amide bonds. The molecule has 0 spiro atoms. The van der Waals surface area contributed by atoms with E-state index < -0.39 is 0 Å². The molecule has 0 bridgehead atoms. The van der Waals surface area contributed by atoms with E-state index in [2.05, 4.69) is 29.7 Å². The van der Waals surface area contributed by atoms with Crippen molar-refractivity contribution in [3.63, 3.8) is 0 Å². The van der Waals surface area contributed by atoms with E-state index in [9.17, 15) is 4.79 Å². The molecule has 1 aromatic rings. The van der Waals surface area contributed by atoms with Crippen molar-refractivity contribution in [2.24, 2.45) is 0 Å². The average Bonchev–Trinajstić information content (AvgIpc) is 2.68. The summed E-state index contributed by atoms with van der Waals surface area (Å²) < 4.78 is 5.20. The fourth-order valence-electron chi connectivity index (χ4n) is 3.49. The van der Waals surface area contributed by atoms with Crippen LogP contribution in [-0.2, 0) is 4.79 Å². The van der Waals surface area contributed by atoms with Gasteiger partial charge < -0.3 is 15.4 Å². The van der Waals surface area contributed by atoms with Crippen molar-refractivity contribution in [1.29, 1.82) is 0 Å². The summed E-state index contributed by atoms with van der Waals surface area (Å²) in [5, 5.41) is 6.91. The summed E-state index contributed by atoms with van der Waals surface area (Å²) in [6, 6.07) is 8.85. The summed E-state index contributed by atoms with van der Waals surface area (Å²) in [4.78, 5) is 11.8. The molecular weight excluding hydrogens is 252 g/mol. The number of amides is 1. The Labute approximate surface area is 119 Å². The molecular formula is C16H22N2O2. The molecule has 20 heavy (non-hydrogen) atoms. The molecule has 1 aromatic carbocycles. The number of rotatable bonds is 2. The van der Waals surface area contributed by atoms with Gasteiger partial charge in [-0.15, -0.1) is 0 Å². The maximum absolute atomic E-state index is 11.8. The molecule has 3 atom stereocenters. The van der Waals surface area contributed by atoms with Crippen molar-refractivity contribution >= 4 is 5.91 Å². The van der Waals surface area contributed by atoms with Crippen LogP contribution in [0.1, 0.15) is 44.2 Å². The van der Waals surface area contributed by atoms with Crippen molar-refractivity contribution in [2.75, 3.05) is 7.11 Å². The first-order chi connectivity index (χ1) is 9.60. The standard InChI is InChI=1S/C16H22N2O2/c1-16-10-13(11-6-8-12(20-2)9-7-11)17-14(16)4-3-5-15(19)18-16/h6-9,13-14,17H,3-5,10H2,1-2H3,(H,18,19)/t13-,14-,16-/m0/s1. The third-order valence-corrected chi connectivity index (χ3v) is 4.64. The first kappa shape index (κ1) is 13.4. The number of benzene rings is 1. The summed E-state index contributed by atoms with van der Waals surface area (Å²) >= 11 is 0. The Bertz CT molecular complexity index is 500. The Balaban J connectivity index is 1.79. The molecule has 0 aliphatic carbocycles. The van der Waals surface area contributed by atoms with Crippen LogP contribution in [-0.4, -0.2) is 24.6 Å². The lowest BCUT2D eigenvalue weighted by Crippen LogP contribution is -2.52. The van der Waals surface area contributed by atoms with Gasteiger partial charge in [0.05, 0.1) is 12.6 Å². The maximum Gasteiger partial charge on any atom is 0.220 e. The van der Waals surface area contributed by atoms with Gasteiger partial charge in [-0.3, -0.25) is 4.79 Å². The van der Waals surface area contributed by atoms with Gasteiger partial charge >= 0.3 is 0 Å². The molecule has 4 heteroatoms. The first-order valence-corrected chi connectivity index (χ1v) is 7.32. The zero-order valence-corrected chi connectivity index (χ0v) is 12.1. The zero-order valence-electron chi connectivity index (χ0n) is 12.1. The molecule has 2 fully saturated rings. The Morgan fingerprint density at radius 3 is 2.75 bits per heavy atom. The first-order valence-electron chi connectivity index (χ1n) is 7.32. The van der Waals surface area contributed by atoms with Crippen molar-refractivity contribution < 1.29 is 9.53 Å². The fraction of sp³-hybridized carbons (Fsp3) is 0.562. The summed E-state index contributed by atoms with van der Waals surface area (Å²) in [7, 11) is 1.68. The second-order valence-electron chi connectivity index (χ2n) is 6.11. The van der Waals surface area contributed by atoms with E-state index in [-0.39, 0.29) is 11.4 Å². The number of methoxy groups -OCH3 is 1. The van der Waals surface area contributed by atoms with E-state index in [1.807, 2.05) is 12.1 Å². The predicted octanol–water partition coefficient (Wildman–Crippen LogP) is 2.16. The second-order valence-corrected chi connectivity index (χ2v) is 6.11. The summed E-state index contributed by atoms with van der Waals surface area (Å²) in [6.45, 7) is 2.16. The SMILES string of the molecule is COc1ccc([C@@H]2C[C@]3(C)NC(=O)CCC[C@@H]3N2)cc1. The number of carbonyl (C=O) groups is 1.